The fraction of sp³-hybridized carbons (Fsp3) is 0.566. The molecule has 1 amide bonds. The number of ether oxygens (including phenoxy) is 5. The number of nitrogens with two attached hydrogens (primary N) is 1. The highest BCUT2D eigenvalue weighted by atomic mass is 33.1. The number of rotatable bonds is 48. The van der Waals surface area contributed by atoms with Crippen LogP contribution in [0.1, 0.15) is 73.8 Å². The molecule has 36 heteroatoms. The van der Waals surface area contributed by atoms with Gasteiger partial charge in [0.2, 0.25) is 11.8 Å². The van der Waals surface area contributed by atoms with Crippen molar-refractivity contribution in [3.8, 4) is 5.88 Å². The largest absolute Gasteiger partial charge is 0.492 e. The lowest BCUT2D eigenvalue weighted by molar-refractivity contribution is -0.158. The Kier molecular flexibility index (Phi) is 37.5. The van der Waals surface area contributed by atoms with Crippen LogP contribution in [0.3, 0.4) is 0 Å². The Morgan fingerprint density at radius 3 is 1.51 bits per heavy atom. The van der Waals surface area contributed by atoms with Crippen LogP contribution in [0, 0.1) is 41.4 Å². The maximum absolute atomic E-state index is 14.0. The summed E-state index contributed by atoms with van der Waals surface area (Å²) in [7, 11) is 9.88. The molecule has 9 N–H and O–H groups in total. The van der Waals surface area contributed by atoms with Crippen molar-refractivity contribution in [3.63, 3.8) is 0 Å². The van der Waals surface area contributed by atoms with Gasteiger partial charge in [0, 0.05) is 65.4 Å². The number of carbonyl (C=O) groups is 11. The number of ketones is 1. The number of aromatic hydroxyl groups is 1. The van der Waals surface area contributed by atoms with Crippen molar-refractivity contribution in [1.82, 2.24) is 25.3 Å². The van der Waals surface area contributed by atoms with Gasteiger partial charge in [-0.2, -0.15) is 9.97 Å². The minimum absolute atomic E-state index is 0.0125. The van der Waals surface area contributed by atoms with E-state index in [-0.39, 0.29) is 90.8 Å². The molecule has 0 radical (unpaired) electrons. The van der Waals surface area contributed by atoms with Crippen LogP contribution in [0.5, 0.6) is 5.88 Å². The van der Waals surface area contributed by atoms with E-state index in [2.05, 4.69) is 30.6 Å². The normalized spacial score (nSPS) is 13.8. The van der Waals surface area contributed by atoms with Crippen molar-refractivity contribution in [1.29, 1.82) is 0 Å². The summed E-state index contributed by atoms with van der Waals surface area (Å²) in [6, 6.07) is 6.09. The van der Waals surface area contributed by atoms with Gasteiger partial charge in [0.15, 0.2) is 17.4 Å². The van der Waals surface area contributed by atoms with Gasteiger partial charge < -0.3 is 65.6 Å². The first-order chi connectivity index (χ1) is 42.5. The predicted octanol–water partition coefficient (Wildman–Crippen LogP) is 6.50. The lowest BCUT2D eigenvalue weighted by Gasteiger charge is -2.33. The SMILES string of the molecule is CSSC[C@H](CC(=O)OCCC(COC(=O)C[C@@H](CSSC)C(=O)O)C(COC(=O)C[C@@H](CSSC)C(=O)O)C(CCC(=O)CC[C@H](NC(=O)c1ccc(NCc2cnc3nc(N)nc(O)c3n2)cc1)OC=O)COC(=O)C[C@@H](CSSC)C(=O)O)C(=O)O. The zero-order valence-corrected chi connectivity index (χ0v) is 55.2. The summed E-state index contributed by atoms with van der Waals surface area (Å²) in [5.41, 5.74) is 6.79. The van der Waals surface area contributed by atoms with Gasteiger partial charge >= 0.3 is 47.8 Å². The van der Waals surface area contributed by atoms with Crippen molar-refractivity contribution < 1.29 is 102 Å². The van der Waals surface area contributed by atoms with Crippen LogP contribution in [0.4, 0.5) is 11.6 Å². The molecule has 1 aromatic carbocycles. The number of nitrogens with one attached hydrogen (secondary N) is 2. The maximum Gasteiger partial charge on any atom is 0.307 e. The van der Waals surface area contributed by atoms with Crippen LogP contribution in [0.25, 0.3) is 11.2 Å². The van der Waals surface area contributed by atoms with Gasteiger partial charge in [-0.05, 0) is 68.0 Å². The summed E-state index contributed by atoms with van der Waals surface area (Å²) >= 11 is 0. The van der Waals surface area contributed by atoms with Crippen molar-refractivity contribution >= 4 is 175 Å². The number of Topliss-reactive ketones (excluding diaryl/α,β-unsaturated/α-hetero) is 1. The Hall–Kier alpha value is -5.79. The first kappa shape index (κ1) is 77.5. The van der Waals surface area contributed by atoms with Gasteiger partial charge in [0.05, 0.1) is 94.2 Å². The topological polar surface area (TPSA) is 437 Å². The standard InChI is InChI=1S/C53H71N7O21S8/c1-82-86-24-32(49(69)70)15-41(63)77-14-13-31(22-79-43(65)17-34(51(73)74)26-88-84-3)39(23-80-44(66)18-35(52(75)76)27-89-85-4)30(21-78-42(64)16-33(50(71)72)25-87-83-2)7-10-38(62)11-12-40(81-28-61)58-47(67)29-5-8-36(9-6-29)55-19-37-20-56-46-45(57-37)48(68)60-53(54)59-46/h5-6,8-9,20,28,30-35,39-40,55H,7,10-19,21-27H2,1-4H3,(H,58,67)(H,69,70)(H,71,72)(H,73,74)(H,75,76)(H3,54,56,59,60,68)/t30?,31?,32-,33-,34-,35-,39?,40+/m0/s1. The minimum atomic E-state index is -1.33. The number of nitrogen functional groups attached to an aromatic ring is 1. The number of carbonyl (C=O) groups excluding carboxylic acids is 7. The summed E-state index contributed by atoms with van der Waals surface area (Å²) in [6.07, 6.45) is 3.30. The monoisotopic (exact) mass is 1400 g/mol. The quantitative estimate of drug-likeness (QED) is 0.00983. The molecule has 0 spiro atoms. The van der Waals surface area contributed by atoms with Crippen molar-refractivity contribution in [3.05, 3.63) is 41.7 Å². The molecule has 0 saturated carbocycles. The summed E-state index contributed by atoms with van der Waals surface area (Å²) in [5, 5.41) is 55.4. The molecule has 2 aromatic heterocycles. The van der Waals surface area contributed by atoms with Crippen LogP contribution < -0.4 is 16.4 Å². The highest BCUT2D eigenvalue weighted by molar-refractivity contribution is 8.77. The number of anilines is 2. The van der Waals surface area contributed by atoms with Crippen LogP contribution >= 0.6 is 86.4 Å². The molecule has 492 valence electrons. The maximum atomic E-state index is 14.0. The third-order valence-corrected chi connectivity index (χ3v) is 20.5. The number of carboxylic acid groups (broad SMARTS) is 4. The highest BCUT2D eigenvalue weighted by Gasteiger charge is 2.36. The molecule has 0 saturated heterocycles. The third kappa shape index (κ3) is 30.3. The van der Waals surface area contributed by atoms with Crippen molar-refractivity contribution in [2.45, 2.75) is 70.6 Å². The predicted molar refractivity (Wildman–Crippen MR) is 343 cm³/mol. The highest BCUT2D eigenvalue weighted by Crippen LogP contribution is 2.33. The number of benzene rings is 1. The molecule has 2 heterocycles. The summed E-state index contributed by atoms with van der Waals surface area (Å²) in [6.45, 7) is -2.04. The molecular weight excluding hydrogens is 1330 g/mol. The van der Waals surface area contributed by atoms with E-state index in [0.717, 1.165) is 0 Å². The van der Waals surface area contributed by atoms with Gasteiger partial charge in [-0.1, -0.05) is 86.4 Å². The number of hydrogen-bond donors (Lipinski definition) is 8. The Morgan fingerprint density at radius 2 is 1.04 bits per heavy atom. The van der Waals surface area contributed by atoms with E-state index >= 15 is 0 Å². The van der Waals surface area contributed by atoms with Gasteiger partial charge in [0.1, 0.15) is 5.78 Å². The number of carboxylic acids is 4. The first-order valence-corrected chi connectivity index (χ1v) is 37.8. The zero-order valence-electron chi connectivity index (χ0n) is 48.7. The molecule has 0 fully saturated rings. The van der Waals surface area contributed by atoms with Gasteiger partial charge in [-0.15, -0.1) is 0 Å². The smallest absolute Gasteiger partial charge is 0.307 e. The molecule has 0 aliphatic rings. The Morgan fingerprint density at radius 1 is 0.596 bits per heavy atom. The molecule has 28 nitrogen and oxygen atoms in total. The number of esters is 4. The fourth-order valence-electron chi connectivity index (χ4n) is 8.12. The van der Waals surface area contributed by atoms with E-state index in [0.29, 0.717) is 11.4 Å². The Balaban J connectivity index is 1.98. The van der Waals surface area contributed by atoms with Gasteiger partial charge in [0.25, 0.3) is 12.4 Å². The van der Waals surface area contributed by atoms with E-state index in [1.807, 2.05) is 0 Å². The average Bonchev–Trinajstić information content (AvgIpc) is 3.10. The van der Waals surface area contributed by atoms with Gasteiger partial charge in [-0.3, -0.25) is 52.7 Å². The molecule has 0 aliphatic heterocycles. The lowest BCUT2D eigenvalue weighted by Crippen LogP contribution is -2.37. The minimum Gasteiger partial charge on any atom is -0.492 e. The molecule has 89 heavy (non-hydrogen) atoms. The average molecular weight is 1400 g/mol. The van der Waals surface area contributed by atoms with Crippen LogP contribution in [-0.4, -0.2) is 192 Å². The number of nitrogens with zero attached hydrogens (tertiary/aromatic N) is 4. The molecule has 3 rings (SSSR count). The van der Waals surface area contributed by atoms with Crippen LogP contribution in [-0.2, 0) is 78.2 Å². The van der Waals surface area contributed by atoms with Gasteiger partial charge in [-0.25, -0.2) is 9.97 Å². The van der Waals surface area contributed by atoms with E-state index in [1.165, 1.54) is 105 Å². The first-order valence-electron chi connectivity index (χ1n) is 26.9. The second-order valence-electron chi connectivity index (χ2n) is 19.2. The molecular formula is C53H71N7O21S8. The Labute approximate surface area is 543 Å². The van der Waals surface area contributed by atoms with E-state index < -0.39 is 165 Å². The fourth-order valence-corrected chi connectivity index (χ4v) is 14.0. The number of aliphatic carboxylic acids is 4. The number of hydrogen-bond acceptors (Lipinski definition) is 31. The summed E-state index contributed by atoms with van der Waals surface area (Å²) in [4.78, 5) is 158. The molecule has 8 atom stereocenters. The number of aromatic nitrogens is 4. The van der Waals surface area contributed by atoms with Crippen molar-refractivity contribution in [2.75, 3.05) is 85.5 Å². The second kappa shape index (κ2) is 43.1. The summed E-state index contributed by atoms with van der Waals surface area (Å²) in [5.74, 6) is -18.6. The third-order valence-electron chi connectivity index (χ3n) is 13.0. The van der Waals surface area contributed by atoms with Crippen LogP contribution in [0.2, 0.25) is 0 Å². The lowest BCUT2D eigenvalue weighted by atomic mass is 9.78. The number of fused-ring (bicyclic) bond motifs is 1. The van der Waals surface area contributed by atoms with Crippen LogP contribution in [0.15, 0.2) is 30.5 Å². The van der Waals surface area contributed by atoms with E-state index in [1.54, 1.807) is 37.2 Å². The number of amides is 1. The molecule has 3 unspecified atom stereocenters. The van der Waals surface area contributed by atoms with Crippen molar-refractivity contribution in [2.24, 2.45) is 41.4 Å². The second-order valence-corrected chi connectivity index (χ2v) is 29.6. The summed E-state index contributed by atoms with van der Waals surface area (Å²) < 4.78 is 27.9. The molecule has 0 bridgehead atoms. The van der Waals surface area contributed by atoms with E-state index in [4.69, 9.17) is 29.4 Å². The van der Waals surface area contributed by atoms with E-state index in [9.17, 15) is 78.3 Å². The molecule has 3 aromatic rings. The zero-order chi connectivity index (χ0) is 65.8. The molecule has 0 aliphatic carbocycles. The Bertz CT molecular complexity index is 2840.